The predicted octanol–water partition coefficient (Wildman–Crippen LogP) is 0.936. The minimum atomic E-state index is -3.18. The molecule has 1 fully saturated rings. The number of nitrogens with one attached hydrogen (secondary N) is 1. The van der Waals surface area contributed by atoms with Gasteiger partial charge < -0.3 is 14.6 Å². The third-order valence-electron chi connectivity index (χ3n) is 3.52. The highest BCUT2D eigenvalue weighted by Crippen LogP contribution is 2.16. The molecule has 1 aliphatic rings. The molecule has 118 valence electrons. The number of nitrogens with zero attached hydrogens (tertiary/aromatic N) is 2. The molecule has 0 radical (unpaired) electrons. The second-order valence-corrected chi connectivity index (χ2v) is 7.25. The van der Waals surface area contributed by atoms with E-state index in [0.29, 0.717) is 31.9 Å². The molecule has 0 bridgehead atoms. The Morgan fingerprint density at radius 3 is 2.38 bits per heavy atom. The molecule has 0 unspecified atom stereocenters. The number of hydrogen-bond donors (Lipinski definition) is 1. The van der Waals surface area contributed by atoms with E-state index in [1.165, 1.54) is 10.6 Å². The van der Waals surface area contributed by atoms with Crippen LogP contribution >= 0.6 is 0 Å². The highest BCUT2D eigenvalue weighted by molar-refractivity contribution is 7.88. The van der Waals surface area contributed by atoms with E-state index < -0.39 is 10.0 Å². The Bertz CT molecular complexity index is 603. The van der Waals surface area contributed by atoms with Gasteiger partial charge in [0.2, 0.25) is 10.0 Å². The number of aryl methyl sites for hydroxylation is 1. The average Bonchev–Trinajstić information content (AvgIpc) is 2.84. The zero-order valence-corrected chi connectivity index (χ0v) is 13.3. The van der Waals surface area contributed by atoms with Crippen LogP contribution in [0.5, 0.6) is 0 Å². The Morgan fingerprint density at radius 2 is 1.90 bits per heavy atom. The van der Waals surface area contributed by atoms with E-state index >= 15 is 0 Å². The van der Waals surface area contributed by atoms with Crippen LogP contribution in [0, 0.1) is 6.92 Å². The average molecular weight is 315 g/mol. The van der Waals surface area contributed by atoms with Crippen molar-refractivity contribution >= 4 is 16.1 Å². The fourth-order valence-electron chi connectivity index (χ4n) is 2.26. The zero-order valence-electron chi connectivity index (χ0n) is 12.5. The molecule has 1 N–H and O–H groups in total. The molecule has 1 aromatic rings. The summed E-state index contributed by atoms with van der Waals surface area (Å²) in [7, 11) is -3.18. The van der Waals surface area contributed by atoms with Crippen molar-refractivity contribution in [1.82, 2.24) is 14.5 Å². The third-order valence-corrected chi connectivity index (χ3v) is 4.83. The summed E-state index contributed by atoms with van der Waals surface area (Å²) in [6.07, 6.45) is 1.18. The van der Waals surface area contributed by atoms with E-state index in [1.807, 2.05) is 26.0 Å². The summed E-state index contributed by atoms with van der Waals surface area (Å²) in [4.78, 5) is 13.8. The molecule has 21 heavy (non-hydrogen) atoms. The van der Waals surface area contributed by atoms with Crippen molar-refractivity contribution in [3.8, 4) is 0 Å². The molecule has 2 heterocycles. The Balaban J connectivity index is 1.88. The van der Waals surface area contributed by atoms with Gasteiger partial charge in [0.15, 0.2) is 0 Å². The van der Waals surface area contributed by atoms with Crippen LogP contribution in [0.25, 0.3) is 0 Å². The molecule has 2 amide bonds. The van der Waals surface area contributed by atoms with E-state index in [4.69, 9.17) is 4.42 Å². The predicted molar refractivity (Wildman–Crippen MR) is 78.4 cm³/mol. The number of hydrogen-bond acceptors (Lipinski definition) is 4. The highest BCUT2D eigenvalue weighted by atomic mass is 32.2. The summed E-state index contributed by atoms with van der Waals surface area (Å²) in [6, 6.07) is 3.26. The fourth-order valence-corrected chi connectivity index (χ4v) is 3.08. The minimum absolute atomic E-state index is 0.204. The van der Waals surface area contributed by atoms with Crippen molar-refractivity contribution in [3.63, 3.8) is 0 Å². The van der Waals surface area contributed by atoms with Gasteiger partial charge in [0, 0.05) is 26.2 Å². The van der Waals surface area contributed by atoms with Gasteiger partial charge in [0.1, 0.15) is 11.5 Å². The highest BCUT2D eigenvalue weighted by Gasteiger charge is 2.26. The molecule has 7 nitrogen and oxygen atoms in total. The molecule has 1 saturated heterocycles. The maximum Gasteiger partial charge on any atom is 0.318 e. The third kappa shape index (κ3) is 3.98. The summed E-state index contributed by atoms with van der Waals surface area (Å²) in [5.41, 5.74) is 0. The molecule has 1 aliphatic heterocycles. The van der Waals surface area contributed by atoms with Gasteiger partial charge in [-0.2, -0.15) is 4.31 Å². The number of carbonyl (C=O) groups excluding carboxylic acids is 1. The zero-order chi connectivity index (χ0) is 15.6. The molecule has 0 saturated carbocycles. The smallest absolute Gasteiger partial charge is 0.318 e. The lowest BCUT2D eigenvalue weighted by atomic mass is 10.2. The fraction of sp³-hybridized carbons (Fsp3) is 0.615. The van der Waals surface area contributed by atoms with Crippen molar-refractivity contribution in [3.05, 3.63) is 23.7 Å². The summed E-state index contributed by atoms with van der Waals surface area (Å²) in [6.45, 7) is 5.15. The molecule has 0 aliphatic carbocycles. The lowest BCUT2D eigenvalue weighted by Gasteiger charge is -2.33. The van der Waals surface area contributed by atoms with Crippen LogP contribution in [0.3, 0.4) is 0 Å². The topological polar surface area (TPSA) is 82.9 Å². The van der Waals surface area contributed by atoms with Crippen LogP contribution < -0.4 is 5.32 Å². The van der Waals surface area contributed by atoms with Crippen molar-refractivity contribution < 1.29 is 17.6 Å². The van der Waals surface area contributed by atoms with E-state index in [0.717, 1.165) is 5.76 Å². The van der Waals surface area contributed by atoms with Crippen LogP contribution in [-0.4, -0.2) is 56.1 Å². The Hall–Kier alpha value is -1.54. The lowest BCUT2D eigenvalue weighted by molar-refractivity contribution is 0.168. The largest absolute Gasteiger partial charge is 0.464 e. The SMILES string of the molecule is Cc1ccc([C@@H](C)NC(=O)N2CCN(S(C)(=O)=O)CC2)o1. The van der Waals surface area contributed by atoms with Crippen LogP contribution in [0.1, 0.15) is 24.5 Å². The van der Waals surface area contributed by atoms with Gasteiger partial charge in [0.25, 0.3) is 0 Å². The summed E-state index contributed by atoms with van der Waals surface area (Å²) in [5.74, 6) is 1.50. The Kier molecular flexibility index (Phi) is 4.58. The summed E-state index contributed by atoms with van der Waals surface area (Å²) >= 11 is 0. The number of piperazine rings is 1. The monoisotopic (exact) mass is 315 g/mol. The molecule has 2 rings (SSSR count). The van der Waals surface area contributed by atoms with Gasteiger partial charge in [-0.25, -0.2) is 13.2 Å². The van der Waals surface area contributed by atoms with Crippen LogP contribution in [-0.2, 0) is 10.0 Å². The van der Waals surface area contributed by atoms with Crippen molar-refractivity contribution in [2.24, 2.45) is 0 Å². The van der Waals surface area contributed by atoms with E-state index in [-0.39, 0.29) is 12.1 Å². The van der Waals surface area contributed by atoms with E-state index in [9.17, 15) is 13.2 Å². The second-order valence-electron chi connectivity index (χ2n) is 5.27. The first-order chi connectivity index (χ1) is 9.77. The normalized spacial score (nSPS) is 18.5. The lowest BCUT2D eigenvalue weighted by Crippen LogP contribution is -2.53. The van der Waals surface area contributed by atoms with Crippen molar-refractivity contribution in [1.29, 1.82) is 0 Å². The van der Waals surface area contributed by atoms with Gasteiger partial charge in [-0.05, 0) is 26.0 Å². The van der Waals surface area contributed by atoms with Gasteiger partial charge in [-0.3, -0.25) is 0 Å². The Morgan fingerprint density at radius 1 is 1.29 bits per heavy atom. The van der Waals surface area contributed by atoms with Crippen LogP contribution in [0.2, 0.25) is 0 Å². The molecule has 1 aromatic heterocycles. The minimum Gasteiger partial charge on any atom is -0.464 e. The quantitative estimate of drug-likeness (QED) is 0.899. The molecule has 8 heteroatoms. The number of rotatable bonds is 3. The Labute approximate surface area is 124 Å². The van der Waals surface area contributed by atoms with Crippen molar-refractivity contribution in [2.45, 2.75) is 19.9 Å². The number of amides is 2. The standard InChI is InChI=1S/C13H21N3O4S/c1-10-4-5-12(20-10)11(2)14-13(17)15-6-8-16(9-7-15)21(3,18)19/h4-5,11H,6-9H2,1-3H3,(H,14,17)/t11-/m1/s1. The van der Waals surface area contributed by atoms with Gasteiger partial charge in [0.05, 0.1) is 12.3 Å². The number of urea groups is 1. The summed E-state index contributed by atoms with van der Waals surface area (Å²) < 4.78 is 29.7. The van der Waals surface area contributed by atoms with Crippen LogP contribution in [0.4, 0.5) is 4.79 Å². The first-order valence-corrected chi connectivity index (χ1v) is 8.69. The molecular weight excluding hydrogens is 294 g/mol. The molecule has 0 aromatic carbocycles. The number of carbonyl (C=O) groups is 1. The van der Waals surface area contributed by atoms with E-state index in [2.05, 4.69) is 5.32 Å². The molecule has 0 spiro atoms. The second kappa shape index (κ2) is 6.07. The van der Waals surface area contributed by atoms with Crippen LogP contribution in [0.15, 0.2) is 16.5 Å². The molecule has 1 atom stereocenters. The van der Waals surface area contributed by atoms with Gasteiger partial charge >= 0.3 is 6.03 Å². The first kappa shape index (κ1) is 15.8. The van der Waals surface area contributed by atoms with E-state index in [1.54, 1.807) is 4.90 Å². The van der Waals surface area contributed by atoms with Gasteiger partial charge in [-0.15, -0.1) is 0 Å². The maximum atomic E-state index is 12.2. The van der Waals surface area contributed by atoms with Crippen molar-refractivity contribution in [2.75, 3.05) is 32.4 Å². The summed E-state index contributed by atoms with van der Waals surface area (Å²) in [5, 5.41) is 2.86. The maximum absolute atomic E-state index is 12.2. The first-order valence-electron chi connectivity index (χ1n) is 6.84. The number of furan rings is 1. The van der Waals surface area contributed by atoms with Gasteiger partial charge in [-0.1, -0.05) is 0 Å². The molecular formula is C13H21N3O4S. The number of sulfonamides is 1.